The van der Waals surface area contributed by atoms with Gasteiger partial charge in [-0.25, -0.2) is 9.18 Å². The van der Waals surface area contributed by atoms with Gasteiger partial charge in [-0.2, -0.15) is 0 Å². The van der Waals surface area contributed by atoms with Crippen LogP contribution in [0.15, 0.2) is 18.2 Å². The third-order valence-corrected chi connectivity index (χ3v) is 2.50. The van der Waals surface area contributed by atoms with Crippen molar-refractivity contribution in [3.8, 4) is 0 Å². The molecule has 0 amide bonds. The number of carboxylic acids is 1. The molecule has 3 heteroatoms. The second kappa shape index (κ2) is 4.91. The first-order valence-electron chi connectivity index (χ1n) is 5.09. The van der Waals surface area contributed by atoms with E-state index in [0.717, 1.165) is 12.8 Å². The lowest BCUT2D eigenvalue weighted by Gasteiger charge is -2.12. The summed E-state index contributed by atoms with van der Waals surface area (Å²) in [4.78, 5) is 10.7. The zero-order valence-electron chi connectivity index (χ0n) is 8.96. The Hall–Kier alpha value is -1.38. The van der Waals surface area contributed by atoms with Crippen molar-refractivity contribution in [2.45, 2.75) is 32.6 Å². The van der Waals surface area contributed by atoms with E-state index < -0.39 is 5.97 Å². The van der Waals surface area contributed by atoms with E-state index in [0.29, 0.717) is 5.56 Å². The van der Waals surface area contributed by atoms with Crippen molar-refractivity contribution in [2.75, 3.05) is 0 Å². The van der Waals surface area contributed by atoms with Crippen LogP contribution in [0.2, 0.25) is 0 Å². The average molecular weight is 210 g/mol. The summed E-state index contributed by atoms with van der Waals surface area (Å²) in [5.74, 6) is -1.27. The van der Waals surface area contributed by atoms with E-state index in [4.69, 9.17) is 5.11 Å². The van der Waals surface area contributed by atoms with Crippen molar-refractivity contribution < 1.29 is 14.3 Å². The molecule has 1 unspecified atom stereocenters. The summed E-state index contributed by atoms with van der Waals surface area (Å²) in [6.45, 7) is 3.93. The minimum atomic E-state index is -1.01. The molecule has 1 aromatic carbocycles. The number of hydrogen-bond donors (Lipinski definition) is 1. The van der Waals surface area contributed by atoms with Gasteiger partial charge >= 0.3 is 5.97 Å². The number of carbonyl (C=O) groups is 1. The topological polar surface area (TPSA) is 37.3 Å². The first-order chi connectivity index (χ1) is 7.06. The molecular weight excluding hydrogens is 195 g/mol. The van der Waals surface area contributed by atoms with Gasteiger partial charge in [0.05, 0.1) is 5.56 Å². The number of carboxylic acid groups (broad SMARTS) is 1. The molecule has 0 bridgehead atoms. The smallest absolute Gasteiger partial charge is 0.335 e. The molecule has 2 nitrogen and oxygen atoms in total. The van der Waals surface area contributed by atoms with Crippen molar-refractivity contribution >= 4 is 5.97 Å². The van der Waals surface area contributed by atoms with Crippen LogP contribution < -0.4 is 0 Å². The first-order valence-corrected chi connectivity index (χ1v) is 5.09. The van der Waals surface area contributed by atoms with Crippen molar-refractivity contribution in [2.24, 2.45) is 0 Å². The van der Waals surface area contributed by atoms with Crippen LogP contribution in [-0.2, 0) is 0 Å². The monoisotopic (exact) mass is 210 g/mol. The van der Waals surface area contributed by atoms with Crippen LogP contribution in [-0.4, -0.2) is 11.1 Å². The molecule has 0 saturated heterocycles. The standard InChI is InChI=1S/C12H15FO2/c1-3-4-8(2)10-7-9(12(14)15)5-6-11(10)13/h5-8H,3-4H2,1-2H3,(H,14,15). The molecule has 82 valence electrons. The maximum Gasteiger partial charge on any atom is 0.335 e. The minimum Gasteiger partial charge on any atom is -0.478 e. The van der Waals surface area contributed by atoms with Crippen LogP contribution in [0.4, 0.5) is 4.39 Å². The molecule has 15 heavy (non-hydrogen) atoms. The quantitative estimate of drug-likeness (QED) is 0.826. The summed E-state index contributed by atoms with van der Waals surface area (Å²) in [6.07, 6.45) is 1.82. The van der Waals surface area contributed by atoms with Gasteiger partial charge in [-0.3, -0.25) is 0 Å². The van der Waals surface area contributed by atoms with Crippen molar-refractivity contribution in [1.29, 1.82) is 0 Å². The zero-order valence-corrected chi connectivity index (χ0v) is 8.96. The summed E-state index contributed by atoms with van der Waals surface area (Å²) in [6, 6.07) is 3.95. The Morgan fingerprint density at radius 2 is 2.20 bits per heavy atom. The van der Waals surface area contributed by atoms with Crippen LogP contribution in [0.1, 0.15) is 48.5 Å². The molecule has 1 N–H and O–H groups in total. The van der Waals surface area contributed by atoms with E-state index in [2.05, 4.69) is 0 Å². The SMILES string of the molecule is CCCC(C)c1cc(C(=O)O)ccc1F. The summed E-state index contributed by atoms with van der Waals surface area (Å²) in [5.41, 5.74) is 0.645. The maximum atomic E-state index is 13.4. The van der Waals surface area contributed by atoms with E-state index in [1.807, 2.05) is 13.8 Å². The van der Waals surface area contributed by atoms with Crippen LogP contribution in [0.5, 0.6) is 0 Å². The van der Waals surface area contributed by atoms with Gasteiger partial charge < -0.3 is 5.11 Å². The Kier molecular flexibility index (Phi) is 3.83. The van der Waals surface area contributed by atoms with E-state index in [-0.39, 0.29) is 17.3 Å². The Balaban J connectivity index is 3.04. The van der Waals surface area contributed by atoms with Crippen LogP contribution in [0, 0.1) is 5.82 Å². The molecule has 0 aliphatic rings. The van der Waals surface area contributed by atoms with E-state index in [1.54, 1.807) is 0 Å². The second-order valence-electron chi connectivity index (χ2n) is 3.73. The van der Waals surface area contributed by atoms with Gasteiger partial charge in [0, 0.05) is 0 Å². The van der Waals surface area contributed by atoms with E-state index in [9.17, 15) is 9.18 Å². The van der Waals surface area contributed by atoms with Crippen molar-refractivity contribution in [1.82, 2.24) is 0 Å². The molecule has 0 fully saturated rings. The third-order valence-electron chi connectivity index (χ3n) is 2.50. The molecule has 0 saturated carbocycles. The lowest BCUT2D eigenvalue weighted by molar-refractivity contribution is 0.0696. The fraction of sp³-hybridized carbons (Fsp3) is 0.417. The molecular formula is C12H15FO2. The highest BCUT2D eigenvalue weighted by Gasteiger charge is 2.13. The van der Waals surface area contributed by atoms with Crippen LogP contribution >= 0.6 is 0 Å². The summed E-state index contributed by atoms with van der Waals surface area (Å²) >= 11 is 0. The number of benzene rings is 1. The Labute approximate surface area is 88.7 Å². The zero-order chi connectivity index (χ0) is 11.4. The summed E-state index contributed by atoms with van der Waals surface area (Å²) in [7, 11) is 0. The number of rotatable bonds is 4. The number of hydrogen-bond acceptors (Lipinski definition) is 1. The third kappa shape index (κ3) is 2.78. The molecule has 0 heterocycles. The molecule has 0 aromatic heterocycles. The average Bonchev–Trinajstić information content (AvgIpc) is 2.18. The Bertz CT molecular complexity index is 361. The predicted octanol–water partition coefficient (Wildman–Crippen LogP) is 3.43. The van der Waals surface area contributed by atoms with Gasteiger partial charge in [0.1, 0.15) is 5.82 Å². The fourth-order valence-corrected chi connectivity index (χ4v) is 1.64. The maximum absolute atomic E-state index is 13.4. The molecule has 1 rings (SSSR count). The van der Waals surface area contributed by atoms with E-state index in [1.165, 1.54) is 18.2 Å². The lowest BCUT2D eigenvalue weighted by atomic mass is 9.94. The van der Waals surface area contributed by atoms with Gasteiger partial charge in [-0.05, 0) is 36.1 Å². The van der Waals surface area contributed by atoms with Crippen molar-refractivity contribution in [3.63, 3.8) is 0 Å². The van der Waals surface area contributed by atoms with Gasteiger partial charge in [0.25, 0.3) is 0 Å². The first kappa shape index (κ1) is 11.7. The summed E-state index contributed by atoms with van der Waals surface area (Å²) in [5, 5.41) is 8.79. The molecule has 1 atom stereocenters. The normalized spacial score (nSPS) is 12.5. The minimum absolute atomic E-state index is 0.0642. The molecule has 1 aromatic rings. The fourth-order valence-electron chi connectivity index (χ4n) is 1.64. The number of halogens is 1. The van der Waals surface area contributed by atoms with Crippen LogP contribution in [0.3, 0.4) is 0 Å². The molecule has 0 aliphatic heterocycles. The molecule has 0 aliphatic carbocycles. The van der Waals surface area contributed by atoms with Crippen molar-refractivity contribution in [3.05, 3.63) is 35.1 Å². The van der Waals surface area contributed by atoms with Crippen LogP contribution in [0.25, 0.3) is 0 Å². The van der Waals surface area contributed by atoms with Gasteiger partial charge in [-0.1, -0.05) is 20.3 Å². The second-order valence-corrected chi connectivity index (χ2v) is 3.73. The Morgan fingerprint density at radius 1 is 1.53 bits per heavy atom. The molecule has 0 radical (unpaired) electrons. The van der Waals surface area contributed by atoms with Gasteiger partial charge in [0.2, 0.25) is 0 Å². The highest BCUT2D eigenvalue weighted by atomic mass is 19.1. The van der Waals surface area contributed by atoms with E-state index >= 15 is 0 Å². The van der Waals surface area contributed by atoms with Gasteiger partial charge in [-0.15, -0.1) is 0 Å². The van der Waals surface area contributed by atoms with Gasteiger partial charge in [0.15, 0.2) is 0 Å². The molecule has 0 spiro atoms. The highest BCUT2D eigenvalue weighted by molar-refractivity contribution is 5.87. The Morgan fingerprint density at radius 3 is 2.73 bits per heavy atom. The summed E-state index contributed by atoms with van der Waals surface area (Å²) < 4.78 is 13.4. The lowest BCUT2D eigenvalue weighted by Crippen LogP contribution is -2.02. The number of aromatic carboxylic acids is 1. The highest BCUT2D eigenvalue weighted by Crippen LogP contribution is 2.24. The largest absolute Gasteiger partial charge is 0.478 e. The predicted molar refractivity (Wildman–Crippen MR) is 56.7 cm³/mol.